The quantitative estimate of drug-likeness (QED) is 0.749. The van der Waals surface area contributed by atoms with Crippen molar-refractivity contribution in [3.8, 4) is 0 Å². The monoisotopic (exact) mass is 207 g/mol. The molecule has 1 aliphatic rings. The van der Waals surface area contributed by atoms with Crippen molar-refractivity contribution in [2.45, 2.75) is 12.8 Å². The van der Waals surface area contributed by atoms with E-state index in [9.17, 15) is 4.79 Å². The zero-order chi connectivity index (χ0) is 10.7. The number of hydrogen-bond acceptors (Lipinski definition) is 2. The lowest BCUT2D eigenvalue weighted by Crippen LogP contribution is -2.28. The molecule has 0 spiro atoms. The number of hydrogen-bond donors (Lipinski definition) is 2. The summed E-state index contributed by atoms with van der Waals surface area (Å²) in [4.78, 5) is 16.6. The molecule has 1 amide bonds. The van der Waals surface area contributed by atoms with E-state index in [4.69, 9.17) is 5.73 Å². The molecule has 1 aromatic rings. The second-order valence-corrected chi connectivity index (χ2v) is 4.09. The maximum atomic E-state index is 11.6. The molecule has 2 rings (SSSR count). The molecule has 82 valence electrons. The van der Waals surface area contributed by atoms with E-state index in [0.29, 0.717) is 18.9 Å². The standard InChI is InChI=1S/C11H17N3O/c12-7-9-6-11(15)14(8-9)5-3-10-2-1-4-13-10/h1-2,4,9,13H,3,5-8,12H2. The van der Waals surface area contributed by atoms with Gasteiger partial charge in [-0.25, -0.2) is 0 Å². The van der Waals surface area contributed by atoms with Crippen LogP contribution in [0.15, 0.2) is 18.3 Å². The van der Waals surface area contributed by atoms with E-state index < -0.39 is 0 Å². The first-order valence-electron chi connectivity index (χ1n) is 5.39. The average Bonchev–Trinajstić information content (AvgIpc) is 2.84. The van der Waals surface area contributed by atoms with Crippen LogP contribution in [-0.4, -0.2) is 35.4 Å². The Hall–Kier alpha value is -1.29. The van der Waals surface area contributed by atoms with Gasteiger partial charge in [-0.05, 0) is 24.6 Å². The molecule has 1 aliphatic heterocycles. The number of rotatable bonds is 4. The van der Waals surface area contributed by atoms with Gasteiger partial charge < -0.3 is 15.6 Å². The summed E-state index contributed by atoms with van der Waals surface area (Å²) in [5, 5.41) is 0. The fourth-order valence-corrected chi connectivity index (χ4v) is 2.01. The third kappa shape index (κ3) is 2.39. The Morgan fingerprint density at radius 3 is 3.07 bits per heavy atom. The van der Waals surface area contributed by atoms with E-state index in [1.807, 2.05) is 23.2 Å². The van der Waals surface area contributed by atoms with E-state index in [1.54, 1.807) is 0 Å². The zero-order valence-electron chi connectivity index (χ0n) is 8.78. The molecule has 4 heteroatoms. The number of H-pyrrole nitrogens is 1. The summed E-state index contributed by atoms with van der Waals surface area (Å²) in [5.74, 6) is 0.609. The average molecular weight is 207 g/mol. The van der Waals surface area contributed by atoms with Gasteiger partial charge in [0, 0.05) is 37.8 Å². The topological polar surface area (TPSA) is 62.1 Å². The maximum Gasteiger partial charge on any atom is 0.222 e. The normalized spacial score (nSPS) is 21.3. The first-order valence-corrected chi connectivity index (χ1v) is 5.39. The molecule has 0 bridgehead atoms. The van der Waals surface area contributed by atoms with Crippen LogP contribution in [0.25, 0.3) is 0 Å². The van der Waals surface area contributed by atoms with Gasteiger partial charge in [-0.2, -0.15) is 0 Å². The van der Waals surface area contributed by atoms with Crippen LogP contribution in [-0.2, 0) is 11.2 Å². The molecule has 4 nitrogen and oxygen atoms in total. The van der Waals surface area contributed by atoms with E-state index >= 15 is 0 Å². The van der Waals surface area contributed by atoms with Crippen LogP contribution in [0, 0.1) is 5.92 Å². The number of amides is 1. The predicted octanol–water partition coefficient (Wildman–Crippen LogP) is 0.364. The van der Waals surface area contributed by atoms with Gasteiger partial charge in [0.15, 0.2) is 0 Å². The number of nitrogens with two attached hydrogens (primary N) is 1. The number of likely N-dealkylation sites (tertiary alicyclic amines) is 1. The van der Waals surface area contributed by atoms with Crippen LogP contribution < -0.4 is 5.73 Å². The summed E-state index contributed by atoms with van der Waals surface area (Å²) >= 11 is 0. The van der Waals surface area contributed by atoms with Gasteiger partial charge in [-0.1, -0.05) is 0 Å². The Balaban J connectivity index is 1.83. The van der Waals surface area contributed by atoms with Crippen molar-refractivity contribution in [1.82, 2.24) is 9.88 Å². The minimum absolute atomic E-state index is 0.247. The molecule has 2 heterocycles. The Bertz CT molecular complexity index is 321. The minimum Gasteiger partial charge on any atom is -0.365 e. The van der Waals surface area contributed by atoms with Crippen molar-refractivity contribution in [3.63, 3.8) is 0 Å². The SMILES string of the molecule is NCC1CC(=O)N(CCc2ccc[nH]2)C1. The van der Waals surface area contributed by atoms with Crippen LogP contribution in [0.4, 0.5) is 0 Å². The van der Waals surface area contributed by atoms with Crippen molar-refractivity contribution in [3.05, 3.63) is 24.0 Å². The Labute approximate surface area is 89.5 Å². The lowest BCUT2D eigenvalue weighted by atomic mass is 10.1. The van der Waals surface area contributed by atoms with Crippen molar-refractivity contribution in [1.29, 1.82) is 0 Å². The fraction of sp³-hybridized carbons (Fsp3) is 0.545. The van der Waals surface area contributed by atoms with Gasteiger partial charge in [0.1, 0.15) is 0 Å². The summed E-state index contributed by atoms with van der Waals surface area (Å²) in [5.41, 5.74) is 6.74. The van der Waals surface area contributed by atoms with Gasteiger partial charge in [-0.15, -0.1) is 0 Å². The van der Waals surface area contributed by atoms with E-state index in [1.165, 1.54) is 5.69 Å². The highest BCUT2D eigenvalue weighted by Gasteiger charge is 2.27. The summed E-state index contributed by atoms with van der Waals surface area (Å²) in [6.07, 6.45) is 3.43. The van der Waals surface area contributed by atoms with Gasteiger partial charge >= 0.3 is 0 Å². The van der Waals surface area contributed by atoms with Crippen LogP contribution >= 0.6 is 0 Å². The van der Waals surface area contributed by atoms with Crippen LogP contribution in [0.1, 0.15) is 12.1 Å². The molecule has 1 atom stereocenters. The molecule has 0 saturated carbocycles. The van der Waals surface area contributed by atoms with Crippen LogP contribution in [0.2, 0.25) is 0 Å². The van der Waals surface area contributed by atoms with Gasteiger partial charge in [0.25, 0.3) is 0 Å². The Morgan fingerprint density at radius 1 is 1.60 bits per heavy atom. The van der Waals surface area contributed by atoms with Gasteiger partial charge in [-0.3, -0.25) is 4.79 Å². The van der Waals surface area contributed by atoms with Gasteiger partial charge in [0.2, 0.25) is 5.91 Å². The molecule has 15 heavy (non-hydrogen) atoms. The molecular formula is C11H17N3O. The number of carbonyl (C=O) groups excluding carboxylic acids is 1. The van der Waals surface area contributed by atoms with Crippen LogP contribution in [0.3, 0.4) is 0 Å². The molecule has 1 aromatic heterocycles. The minimum atomic E-state index is 0.247. The summed E-state index contributed by atoms with van der Waals surface area (Å²) in [7, 11) is 0. The molecule has 1 unspecified atom stereocenters. The number of nitrogens with zero attached hydrogens (tertiary/aromatic N) is 1. The van der Waals surface area contributed by atoms with E-state index in [0.717, 1.165) is 19.5 Å². The lowest BCUT2D eigenvalue weighted by Gasteiger charge is -2.15. The smallest absolute Gasteiger partial charge is 0.222 e. The second-order valence-electron chi connectivity index (χ2n) is 4.09. The largest absolute Gasteiger partial charge is 0.365 e. The highest BCUT2D eigenvalue weighted by atomic mass is 16.2. The number of aromatic amines is 1. The highest BCUT2D eigenvalue weighted by molar-refractivity contribution is 5.78. The van der Waals surface area contributed by atoms with E-state index in [2.05, 4.69) is 4.98 Å². The fourth-order valence-electron chi connectivity index (χ4n) is 2.01. The molecule has 0 aromatic carbocycles. The second kappa shape index (κ2) is 4.49. The summed E-state index contributed by atoms with van der Waals surface area (Å²) in [6, 6.07) is 4.02. The van der Waals surface area contributed by atoms with E-state index in [-0.39, 0.29) is 5.91 Å². The molecular weight excluding hydrogens is 190 g/mol. The van der Waals surface area contributed by atoms with Crippen molar-refractivity contribution in [2.24, 2.45) is 11.7 Å². The molecule has 0 aliphatic carbocycles. The summed E-state index contributed by atoms with van der Waals surface area (Å²) in [6.45, 7) is 2.25. The highest BCUT2D eigenvalue weighted by Crippen LogP contribution is 2.16. The predicted molar refractivity (Wildman–Crippen MR) is 58.2 cm³/mol. The van der Waals surface area contributed by atoms with Crippen molar-refractivity contribution in [2.75, 3.05) is 19.6 Å². The molecule has 3 N–H and O–H groups in total. The van der Waals surface area contributed by atoms with Crippen LogP contribution in [0.5, 0.6) is 0 Å². The maximum absolute atomic E-state index is 11.6. The number of aromatic nitrogens is 1. The first-order chi connectivity index (χ1) is 7.29. The lowest BCUT2D eigenvalue weighted by molar-refractivity contribution is -0.127. The Morgan fingerprint density at radius 2 is 2.47 bits per heavy atom. The number of nitrogens with one attached hydrogen (secondary N) is 1. The van der Waals surface area contributed by atoms with Crippen molar-refractivity contribution >= 4 is 5.91 Å². The van der Waals surface area contributed by atoms with Crippen molar-refractivity contribution < 1.29 is 4.79 Å². The molecule has 1 fully saturated rings. The molecule has 1 saturated heterocycles. The van der Waals surface area contributed by atoms with Gasteiger partial charge in [0.05, 0.1) is 0 Å². The molecule has 0 radical (unpaired) electrons. The zero-order valence-corrected chi connectivity index (χ0v) is 8.78. The Kier molecular flexibility index (Phi) is 3.06. The third-order valence-electron chi connectivity index (χ3n) is 2.94. The third-order valence-corrected chi connectivity index (χ3v) is 2.94. The first kappa shape index (κ1) is 10.2. The summed E-state index contributed by atoms with van der Waals surface area (Å²) < 4.78 is 0. The number of carbonyl (C=O) groups is 1.